The van der Waals surface area contributed by atoms with Crippen LogP contribution in [0.1, 0.15) is 50.6 Å². The predicted molar refractivity (Wildman–Crippen MR) is 69.9 cm³/mol. The van der Waals surface area contributed by atoms with Crippen LogP contribution in [0.2, 0.25) is 0 Å². The van der Waals surface area contributed by atoms with Gasteiger partial charge in [-0.05, 0) is 12.8 Å². The fourth-order valence-corrected chi connectivity index (χ4v) is 3.02. The van der Waals surface area contributed by atoms with E-state index in [2.05, 4.69) is 15.7 Å². The highest BCUT2D eigenvalue weighted by Gasteiger charge is 2.10. The molecule has 1 heterocycles. The first-order valence-corrected chi connectivity index (χ1v) is 7.50. The summed E-state index contributed by atoms with van der Waals surface area (Å²) >= 11 is 1.69. The Morgan fingerprint density at radius 2 is 1.94 bits per heavy atom. The van der Waals surface area contributed by atoms with Crippen LogP contribution in [0.4, 0.5) is 0 Å². The Bertz CT molecular complexity index is 263. The molecule has 3 heteroatoms. The van der Waals surface area contributed by atoms with Gasteiger partial charge in [-0.1, -0.05) is 32.1 Å². The summed E-state index contributed by atoms with van der Waals surface area (Å²) in [5.41, 5.74) is 3.16. The maximum absolute atomic E-state index is 4.31. The summed E-state index contributed by atoms with van der Waals surface area (Å²) in [5.74, 6) is 0. The van der Waals surface area contributed by atoms with Crippen LogP contribution in [0.15, 0.2) is 10.9 Å². The van der Waals surface area contributed by atoms with Crippen molar-refractivity contribution in [2.24, 2.45) is 0 Å². The Morgan fingerprint density at radius 1 is 1.19 bits per heavy atom. The Hall–Kier alpha value is -0.410. The van der Waals surface area contributed by atoms with Gasteiger partial charge in [0.05, 0.1) is 11.2 Å². The van der Waals surface area contributed by atoms with Crippen LogP contribution < -0.4 is 5.32 Å². The molecule has 1 aliphatic carbocycles. The second-order valence-electron chi connectivity index (χ2n) is 4.73. The lowest BCUT2D eigenvalue weighted by molar-refractivity contribution is 0.391. The second kappa shape index (κ2) is 7.02. The average molecular weight is 238 g/mol. The Morgan fingerprint density at radius 3 is 2.62 bits per heavy atom. The maximum atomic E-state index is 4.31. The quantitative estimate of drug-likeness (QED) is 0.869. The number of rotatable bonds is 4. The fraction of sp³-hybridized carbons (Fsp3) is 0.769. The van der Waals surface area contributed by atoms with Crippen molar-refractivity contribution in [3.05, 3.63) is 16.6 Å². The van der Waals surface area contributed by atoms with Crippen LogP contribution in [0, 0.1) is 0 Å². The molecule has 1 saturated carbocycles. The van der Waals surface area contributed by atoms with E-state index < -0.39 is 0 Å². The summed E-state index contributed by atoms with van der Waals surface area (Å²) in [4.78, 5) is 4.31. The Balaban J connectivity index is 1.64. The van der Waals surface area contributed by atoms with Crippen molar-refractivity contribution >= 4 is 11.3 Å². The third kappa shape index (κ3) is 4.22. The van der Waals surface area contributed by atoms with Gasteiger partial charge in [0, 0.05) is 24.4 Å². The van der Waals surface area contributed by atoms with E-state index in [-0.39, 0.29) is 0 Å². The van der Waals surface area contributed by atoms with E-state index in [0.29, 0.717) is 0 Å². The molecule has 0 aromatic carbocycles. The van der Waals surface area contributed by atoms with Gasteiger partial charge >= 0.3 is 0 Å². The monoisotopic (exact) mass is 238 g/mol. The van der Waals surface area contributed by atoms with Crippen molar-refractivity contribution in [3.63, 3.8) is 0 Å². The highest BCUT2D eigenvalue weighted by Crippen LogP contribution is 2.17. The van der Waals surface area contributed by atoms with Crippen molar-refractivity contribution in [3.8, 4) is 0 Å². The minimum Gasteiger partial charge on any atom is -0.314 e. The first kappa shape index (κ1) is 12.1. The summed E-state index contributed by atoms with van der Waals surface area (Å²) in [6.07, 6.45) is 11.0. The number of aromatic nitrogens is 1. The van der Waals surface area contributed by atoms with Crippen LogP contribution in [-0.4, -0.2) is 17.6 Å². The summed E-state index contributed by atoms with van der Waals surface area (Å²) in [6, 6.07) is 0.763. The van der Waals surface area contributed by atoms with E-state index in [9.17, 15) is 0 Å². The Kier molecular flexibility index (Phi) is 5.29. The highest BCUT2D eigenvalue weighted by molar-refractivity contribution is 7.07. The molecular weight excluding hydrogens is 216 g/mol. The largest absolute Gasteiger partial charge is 0.314 e. The van der Waals surface area contributed by atoms with Gasteiger partial charge in [-0.2, -0.15) is 0 Å². The molecule has 0 unspecified atom stereocenters. The summed E-state index contributed by atoms with van der Waals surface area (Å²) in [7, 11) is 0. The molecule has 16 heavy (non-hydrogen) atoms. The van der Waals surface area contributed by atoms with Crippen LogP contribution in [0.3, 0.4) is 0 Å². The van der Waals surface area contributed by atoms with Gasteiger partial charge in [-0.3, -0.25) is 0 Å². The van der Waals surface area contributed by atoms with Gasteiger partial charge in [0.1, 0.15) is 0 Å². The van der Waals surface area contributed by atoms with E-state index in [0.717, 1.165) is 19.0 Å². The predicted octanol–water partition coefficient (Wildman–Crippen LogP) is 3.39. The summed E-state index contributed by atoms with van der Waals surface area (Å²) < 4.78 is 0. The molecule has 1 fully saturated rings. The third-order valence-electron chi connectivity index (χ3n) is 3.40. The van der Waals surface area contributed by atoms with Crippen molar-refractivity contribution in [2.45, 2.75) is 57.4 Å². The van der Waals surface area contributed by atoms with Crippen LogP contribution in [0.25, 0.3) is 0 Å². The lowest BCUT2D eigenvalue weighted by Crippen LogP contribution is -2.31. The average Bonchev–Trinajstić information content (AvgIpc) is 2.73. The molecular formula is C13H22N2S. The minimum absolute atomic E-state index is 0.763. The molecule has 0 amide bonds. The van der Waals surface area contributed by atoms with E-state index in [1.807, 2.05) is 5.51 Å². The van der Waals surface area contributed by atoms with Gasteiger partial charge in [0.2, 0.25) is 0 Å². The molecule has 90 valence electrons. The van der Waals surface area contributed by atoms with Gasteiger partial charge in [-0.25, -0.2) is 4.98 Å². The van der Waals surface area contributed by atoms with Crippen LogP contribution in [0.5, 0.6) is 0 Å². The van der Waals surface area contributed by atoms with E-state index in [1.54, 1.807) is 11.3 Å². The number of nitrogens with zero attached hydrogens (tertiary/aromatic N) is 1. The molecule has 0 atom stereocenters. The topological polar surface area (TPSA) is 24.9 Å². The highest BCUT2D eigenvalue weighted by atomic mass is 32.1. The number of nitrogens with one attached hydrogen (secondary N) is 1. The van der Waals surface area contributed by atoms with Crippen LogP contribution >= 0.6 is 11.3 Å². The zero-order valence-corrected chi connectivity index (χ0v) is 10.8. The van der Waals surface area contributed by atoms with Gasteiger partial charge < -0.3 is 5.32 Å². The molecule has 0 saturated heterocycles. The summed E-state index contributed by atoms with van der Waals surface area (Å²) in [5, 5.41) is 5.84. The molecule has 1 aliphatic rings. The van der Waals surface area contributed by atoms with Crippen molar-refractivity contribution in [2.75, 3.05) is 6.54 Å². The SMILES string of the molecule is c1nc(CCNC2CCCCCCC2)cs1. The normalized spacial score (nSPS) is 19.2. The first-order chi connectivity index (χ1) is 7.95. The van der Waals surface area contributed by atoms with Gasteiger partial charge in [0.25, 0.3) is 0 Å². The smallest absolute Gasteiger partial charge is 0.0794 e. The van der Waals surface area contributed by atoms with E-state index in [1.165, 1.54) is 50.6 Å². The number of hydrogen-bond donors (Lipinski definition) is 1. The first-order valence-electron chi connectivity index (χ1n) is 6.55. The van der Waals surface area contributed by atoms with Crippen molar-refractivity contribution in [1.82, 2.24) is 10.3 Å². The Labute approximate surface area is 102 Å². The van der Waals surface area contributed by atoms with Gasteiger partial charge in [0.15, 0.2) is 0 Å². The van der Waals surface area contributed by atoms with Crippen molar-refractivity contribution < 1.29 is 0 Å². The fourth-order valence-electron chi connectivity index (χ4n) is 2.43. The molecule has 0 spiro atoms. The minimum atomic E-state index is 0.763. The van der Waals surface area contributed by atoms with E-state index >= 15 is 0 Å². The molecule has 1 aromatic rings. The lowest BCUT2D eigenvalue weighted by Gasteiger charge is -2.20. The molecule has 1 N–H and O–H groups in total. The molecule has 0 radical (unpaired) electrons. The third-order valence-corrected chi connectivity index (χ3v) is 4.04. The maximum Gasteiger partial charge on any atom is 0.0794 e. The van der Waals surface area contributed by atoms with Crippen molar-refractivity contribution in [1.29, 1.82) is 0 Å². The second-order valence-corrected chi connectivity index (χ2v) is 5.44. The molecule has 2 rings (SSSR count). The summed E-state index contributed by atoms with van der Waals surface area (Å²) in [6.45, 7) is 1.09. The number of thiazole rings is 1. The zero-order valence-electron chi connectivity index (χ0n) is 9.95. The van der Waals surface area contributed by atoms with Crippen LogP contribution in [-0.2, 0) is 6.42 Å². The standard InChI is InChI=1S/C13H22N2S/c1-2-4-6-12(7-5-3-1)14-9-8-13-10-16-11-15-13/h10-12,14H,1-9H2. The number of hydrogen-bond acceptors (Lipinski definition) is 3. The molecule has 0 bridgehead atoms. The molecule has 0 aliphatic heterocycles. The van der Waals surface area contributed by atoms with Gasteiger partial charge in [-0.15, -0.1) is 11.3 Å². The molecule has 1 aromatic heterocycles. The lowest BCUT2D eigenvalue weighted by atomic mass is 9.97. The molecule has 2 nitrogen and oxygen atoms in total. The zero-order chi connectivity index (χ0) is 11.1. The van der Waals surface area contributed by atoms with E-state index in [4.69, 9.17) is 0 Å².